The molecule has 3 heterocycles. The maximum Gasteiger partial charge on any atom is 0.248 e. The van der Waals surface area contributed by atoms with Crippen LogP contribution in [-0.4, -0.2) is 47.5 Å². The lowest BCUT2D eigenvalue weighted by atomic mass is 9.93. The highest BCUT2D eigenvalue weighted by atomic mass is 32.2. The van der Waals surface area contributed by atoms with E-state index in [1.165, 1.54) is 8.99 Å². The smallest absolute Gasteiger partial charge is 0.248 e. The maximum atomic E-state index is 12.9. The van der Waals surface area contributed by atoms with Gasteiger partial charge in [-0.2, -0.15) is 9.40 Å². The van der Waals surface area contributed by atoms with Gasteiger partial charge in [-0.1, -0.05) is 0 Å². The zero-order valence-corrected chi connectivity index (χ0v) is 12.9. The minimum Gasteiger partial charge on any atom is -0.381 e. The van der Waals surface area contributed by atoms with Crippen molar-refractivity contribution in [3.8, 4) is 0 Å². The predicted molar refractivity (Wildman–Crippen MR) is 75.8 cm³/mol. The molecule has 0 bridgehead atoms. The molecule has 2 unspecified atom stereocenters. The lowest BCUT2D eigenvalue weighted by Gasteiger charge is -2.34. The molecule has 0 spiro atoms. The van der Waals surface area contributed by atoms with Crippen molar-refractivity contribution in [1.29, 1.82) is 0 Å². The van der Waals surface area contributed by atoms with Gasteiger partial charge < -0.3 is 11.1 Å². The molecule has 3 rings (SSSR count). The van der Waals surface area contributed by atoms with Gasteiger partial charge in [-0.05, 0) is 19.8 Å². The van der Waals surface area contributed by atoms with E-state index in [4.69, 9.17) is 5.73 Å². The summed E-state index contributed by atoms with van der Waals surface area (Å²) in [5.74, 6) is -0.308. The van der Waals surface area contributed by atoms with E-state index < -0.39 is 10.0 Å². The van der Waals surface area contributed by atoms with Crippen molar-refractivity contribution in [2.75, 3.05) is 18.8 Å². The summed E-state index contributed by atoms with van der Waals surface area (Å²) in [6, 6.07) is -0.324. The van der Waals surface area contributed by atoms with Gasteiger partial charge in [0.25, 0.3) is 0 Å². The third-order valence-corrected chi connectivity index (χ3v) is 6.51. The van der Waals surface area contributed by atoms with Crippen LogP contribution in [0, 0.1) is 12.8 Å². The number of nitrogens with two attached hydrogens (primary N) is 1. The molecule has 2 fully saturated rings. The van der Waals surface area contributed by atoms with Crippen LogP contribution in [0.15, 0.2) is 4.90 Å². The second kappa shape index (κ2) is 4.70. The van der Waals surface area contributed by atoms with Gasteiger partial charge in [0.1, 0.15) is 4.90 Å². The molecule has 3 N–H and O–H groups in total. The van der Waals surface area contributed by atoms with Gasteiger partial charge in [-0.25, -0.2) is 8.42 Å². The first-order valence-corrected chi connectivity index (χ1v) is 8.36. The number of amides is 1. The Morgan fingerprint density at radius 1 is 1.43 bits per heavy atom. The van der Waals surface area contributed by atoms with Crippen molar-refractivity contribution in [1.82, 2.24) is 19.4 Å². The van der Waals surface area contributed by atoms with Crippen LogP contribution >= 0.6 is 0 Å². The number of nitrogens with zero attached hydrogens (tertiary/aromatic N) is 3. The molecule has 1 aromatic heterocycles. The molecule has 116 valence electrons. The Kier molecular flexibility index (Phi) is 3.21. The average molecular weight is 313 g/mol. The second-order valence-corrected chi connectivity index (χ2v) is 7.43. The molecule has 0 saturated carbocycles. The number of sulfonamides is 1. The van der Waals surface area contributed by atoms with Crippen LogP contribution in [0.2, 0.25) is 0 Å². The number of carbonyl (C=O) groups excluding carboxylic acids is 1. The molecular formula is C12H19N5O3S. The summed E-state index contributed by atoms with van der Waals surface area (Å²) in [5, 5.41) is 6.73. The Bertz CT molecular complexity index is 696. The first-order valence-electron chi connectivity index (χ1n) is 6.92. The summed E-state index contributed by atoms with van der Waals surface area (Å²) in [6.07, 6.45) is 1.40. The summed E-state index contributed by atoms with van der Waals surface area (Å²) in [6.45, 7) is 2.45. The van der Waals surface area contributed by atoms with Crippen LogP contribution in [0.5, 0.6) is 0 Å². The molecule has 2 saturated heterocycles. The van der Waals surface area contributed by atoms with E-state index in [2.05, 4.69) is 10.4 Å². The van der Waals surface area contributed by atoms with Crippen LogP contribution < -0.4 is 11.1 Å². The zero-order valence-electron chi connectivity index (χ0n) is 12.0. The third-order valence-electron chi connectivity index (χ3n) is 4.42. The van der Waals surface area contributed by atoms with E-state index in [0.29, 0.717) is 25.2 Å². The fourth-order valence-electron chi connectivity index (χ4n) is 3.26. The largest absolute Gasteiger partial charge is 0.381 e. The molecule has 1 aromatic rings. The molecule has 9 heteroatoms. The van der Waals surface area contributed by atoms with Crippen LogP contribution in [0.4, 0.5) is 5.82 Å². The first kappa shape index (κ1) is 14.3. The van der Waals surface area contributed by atoms with Gasteiger partial charge in [0.05, 0.1) is 17.7 Å². The Balaban J connectivity index is 2.04. The van der Waals surface area contributed by atoms with E-state index in [0.717, 1.165) is 6.42 Å². The maximum absolute atomic E-state index is 12.9. The SMILES string of the molecule is Cc1c(S(=O)(=O)N2CCCC3C(=O)NCC32)c(N)nn1C. The second-order valence-electron chi connectivity index (χ2n) is 5.60. The number of nitrogen functional groups attached to an aromatic ring is 1. The first-order chi connectivity index (χ1) is 9.84. The number of aryl methyl sites for hydroxylation is 1. The van der Waals surface area contributed by atoms with Crippen molar-refractivity contribution >= 4 is 21.7 Å². The molecular weight excluding hydrogens is 294 g/mol. The number of anilines is 1. The average Bonchev–Trinajstić information content (AvgIpc) is 2.91. The molecule has 1 amide bonds. The van der Waals surface area contributed by atoms with E-state index in [1.807, 2.05) is 0 Å². The molecule has 2 atom stereocenters. The molecule has 2 aliphatic rings. The number of nitrogens with one attached hydrogen (secondary N) is 1. The van der Waals surface area contributed by atoms with Crippen molar-refractivity contribution < 1.29 is 13.2 Å². The lowest BCUT2D eigenvalue weighted by Crippen LogP contribution is -2.48. The van der Waals surface area contributed by atoms with Gasteiger partial charge in [0.15, 0.2) is 5.82 Å². The highest BCUT2D eigenvalue weighted by molar-refractivity contribution is 7.89. The number of fused-ring (bicyclic) bond motifs is 1. The normalized spacial score (nSPS) is 26.7. The Hall–Kier alpha value is -1.61. The third kappa shape index (κ3) is 2.03. The molecule has 0 radical (unpaired) electrons. The van der Waals surface area contributed by atoms with Crippen LogP contribution in [0.25, 0.3) is 0 Å². The van der Waals surface area contributed by atoms with E-state index in [9.17, 15) is 13.2 Å². The standard InChI is InChI=1S/C12H19N5O3S/c1-7-10(11(13)15-16(7)2)21(19,20)17-5-3-4-8-9(17)6-14-12(8)18/h8-9H,3-6H2,1-2H3,(H2,13,15)(H,14,18). The zero-order chi connectivity index (χ0) is 15.4. The van der Waals surface area contributed by atoms with Crippen LogP contribution in [0.1, 0.15) is 18.5 Å². The fraction of sp³-hybridized carbons (Fsp3) is 0.667. The fourth-order valence-corrected chi connectivity index (χ4v) is 5.25. The minimum absolute atomic E-state index is 0.00871. The number of piperidine rings is 1. The van der Waals surface area contributed by atoms with Gasteiger partial charge in [-0.3, -0.25) is 9.48 Å². The number of carbonyl (C=O) groups is 1. The molecule has 0 aromatic carbocycles. The monoisotopic (exact) mass is 313 g/mol. The summed E-state index contributed by atoms with van der Waals surface area (Å²) < 4.78 is 28.8. The van der Waals surface area contributed by atoms with Crippen molar-refractivity contribution in [3.05, 3.63) is 5.69 Å². The molecule has 8 nitrogen and oxygen atoms in total. The van der Waals surface area contributed by atoms with Crippen molar-refractivity contribution in [2.45, 2.75) is 30.7 Å². The Labute approximate surface area is 123 Å². The number of rotatable bonds is 2. The summed E-state index contributed by atoms with van der Waals surface area (Å²) >= 11 is 0. The summed E-state index contributed by atoms with van der Waals surface area (Å²) in [4.78, 5) is 11.8. The van der Waals surface area contributed by atoms with Gasteiger partial charge >= 0.3 is 0 Å². The number of aromatic nitrogens is 2. The number of hydrogen-bond donors (Lipinski definition) is 2. The molecule has 0 aliphatic carbocycles. The van der Waals surface area contributed by atoms with E-state index >= 15 is 0 Å². The van der Waals surface area contributed by atoms with Crippen molar-refractivity contribution in [2.24, 2.45) is 13.0 Å². The topological polar surface area (TPSA) is 110 Å². The number of hydrogen-bond acceptors (Lipinski definition) is 5. The molecule has 2 aliphatic heterocycles. The lowest BCUT2D eigenvalue weighted by molar-refractivity contribution is -0.123. The summed E-state index contributed by atoms with van der Waals surface area (Å²) in [5.41, 5.74) is 6.29. The quantitative estimate of drug-likeness (QED) is 0.743. The van der Waals surface area contributed by atoms with E-state index in [1.54, 1.807) is 14.0 Å². The summed E-state index contributed by atoms with van der Waals surface area (Å²) in [7, 11) is -2.09. The van der Waals surface area contributed by atoms with Crippen LogP contribution in [0.3, 0.4) is 0 Å². The molecule has 21 heavy (non-hydrogen) atoms. The van der Waals surface area contributed by atoms with Crippen LogP contribution in [-0.2, 0) is 21.9 Å². The Morgan fingerprint density at radius 2 is 2.14 bits per heavy atom. The Morgan fingerprint density at radius 3 is 2.76 bits per heavy atom. The van der Waals surface area contributed by atoms with E-state index in [-0.39, 0.29) is 28.6 Å². The minimum atomic E-state index is -3.75. The van der Waals surface area contributed by atoms with Gasteiger partial charge in [-0.15, -0.1) is 0 Å². The van der Waals surface area contributed by atoms with Gasteiger partial charge in [0.2, 0.25) is 15.9 Å². The highest BCUT2D eigenvalue weighted by Crippen LogP contribution is 2.34. The predicted octanol–water partition coefficient (Wildman–Crippen LogP) is -0.790. The highest BCUT2D eigenvalue weighted by Gasteiger charge is 2.46. The van der Waals surface area contributed by atoms with Gasteiger partial charge in [0, 0.05) is 20.1 Å². The van der Waals surface area contributed by atoms with Crippen molar-refractivity contribution in [3.63, 3.8) is 0 Å².